The van der Waals surface area contributed by atoms with E-state index in [4.69, 9.17) is 0 Å². The molecule has 0 unspecified atom stereocenters. The number of carbonyl (C=O) groups excluding carboxylic acids is 1. The first-order valence-electron chi connectivity index (χ1n) is 9.24. The first-order valence-corrected chi connectivity index (χ1v) is 9.24. The summed E-state index contributed by atoms with van der Waals surface area (Å²) in [4.78, 5) is 26.7. The number of nitrogens with one attached hydrogen (secondary N) is 2. The summed E-state index contributed by atoms with van der Waals surface area (Å²) in [7, 11) is 0. The van der Waals surface area contributed by atoms with Crippen molar-refractivity contribution in [3.8, 4) is 0 Å². The molecule has 2 N–H and O–H groups in total. The second-order valence-electron chi connectivity index (χ2n) is 6.57. The first-order chi connectivity index (χ1) is 13.3. The molecular formula is C20H22N6O. The van der Waals surface area contributed by atoms with E-state index in [-0.39, 0.29) is 5.91 Å². The van der Waals surface area contributed by atoms with E-state index in [1.165, 1.54) is 0 Å². The number of rotatable bonds is 7. The third-order valence-electron chi connectivity index (χ3n) is 4.60. The van der Waals surface area contributed by atoms with Crippen LogP contribution >= 0.6 is 0 Å². The smallest absolute Gasteiger partial charge is 0.229 e. The minimum Gasteiger partial charge on any atom is -0.370 e. The van der Waals surface area contributed by atoms with E-state index in [1.54, 1.807) is 12.4 Å². The van der Waals surface area contributed by atoms with E-state index in [0.29, 0.717) is 12.4 Å². The Hall–Kier alpha value is -3.22. The Morgan fingerprint density at radius 2 is 2.07 bits per heavy atom. The van der Waals surface area contributed by atoms with E-state index in [1.807, 2.05) is 41.3 Å². The van der Waals surface area contributed by atoms with Gasteiger partial charge < -0.3 is 15.5 Å². The Balaban J connectivity index is 1.33. The van der Waals surface area contributed by atoms with Crippen molar-refractivity contribution in [3.05, 3.63) is 48.8 Å². The van der Waals surface area contributed by atoms with E-state index in [2.05, 4.69) is 25.6 Å². The Bertz CT molecular complexity index is 944. The zero-order valence-electron chi connectivity index (χ0n) is 15.1. The third-order valence-corrected chi connectivity index (χ3v) is 4.60. The van der Waals surface area contributed by atoms with Gasteiger partial charge in [0.25, 0.3) is 0 Å². The van der Waals surface area contributed by atoms with Crippen molar-refractivity contribution >= 4 is 34.3 Å². The summed E-state index contributed by atoms with van der Waals surface area (Å²) in [6.45, 7) is 2.46. The molecule has 1 amide bonds. The van der Waals surface area contributed by atoms with Crippen molar-refractivity contribution in [2.45, 2.75) is 19.3 Å². The van der Waals surface area contributed by atoms with Gasteiger partial charge in [0.05, 0.1) is 5.52 Å². The number of nitrogens with zero attached hydrogens (tertiary/aromatic N) is 4. The van der Waals surface area contributed by atoms with Gasteiger partial charge in [-0.1, -0.05) is 6.07 Å². The number of fused-ring (bicyclic) bond motifs is 1. The predicted octanol–water partition coefficient (Wildman–Crippen LogP) is 3.19. The number of pyridine rings is 1. The van der Waals surface area contributed by atoms with Crippen LogP contribution < -0.4 is 10.6 Å². The molecule has 0 atom stereocenters. The van der Waals surface area contributed by atoms with Crippen molar-refractivity contribution in [3.63, 3.8) is 0 Å². The van der Waals surface area contributed by atoms with Crippen LogP contribution in [0.1, 0.15) is 19.3 Å². The maximum absolute atomic E-state index is 11.6. The molecule has 0 aliphatic carbocycles. The van der Waals surface area contributed by atoms with E-state index < -0.39 is 0 Å². The Kier molecular flexibility index (Phi) is 5.09. The second-order valence-corrected chi connectivity index (χ2v) is 6.57. The number of hydrogen-bond donors (Lipinski definition) is 2. The van der Waals surface area contributed by atoms with Crippen LogP contribution in [-0.2, 0) is 4.79 Å². The molecule has 7 heteroatoms. The van der Waals surface area contributed by atoms with E-state index in [0.717, 1.165) is 54.9 Å². The summed E-state index contributed by atoms with van der Waals surface area (Å²) in [6, 6.07) is 11.8. The molecule has 3 heterocycles. The molecule has 3 aromatic rings. The van der Waals surface area contributed by atoms with Gasteiger partial charge in [0.15, 0.2) is 0 Å². The summed E-state index contributed by atoms with van der Waals surface area (Å²) in [5.74, 6) is 1.58. The molecule has 27 heavy (non-hydrogen) atoms. The fourth-order valence-electron chi connectivity index (χ4n) is 3.23. The van der Waals surface area contributed by atoms with Crippen LogP contribution in [0.4, 0.5) is 17.5 Å². The average molecular weight is 362 g/mol. The lowest BCUT2D eigenvalue weighted by Gasteiger charge is -2.15. The van der Waals surface area contributed by atoms with Crippen LogP contribution in [0.5, 0.6) is 0 Å². The van der Waals surface area contributed by atoms with Gasteiger partial charge >= 0.3 is 0 Å². The van der Waals surface area contributed by atoms with Gasteiger partial charge in [-0.15, -0.1) is 0 Å². The van der Waals surface area contributed by atoms with E-state index in [9.17, 15) is 4.79 Å². The molecule has 4 rings (SSSR count). The topological polar surface area (TPSA) is 83.0 Å². The predicted molar refractivity (Wildman–Crippen MR) is 106 cm³/mol. The normalized spacial score (nSPS) is 13.9. The number of hydrogen-bond acceptors (Lipinski definition) is 6. The lowest BCUT2D eigenvalue weighted by Crippen LogP contribution is -2.27. The van der Waals surface area contributed by atoms with Gasteiger partial charge in [0.1, 0.15) is 5.82 Å². The molecular weight excluding hydrogens is 340 g/mol. The zero-order chi connectivity index (χ0) is 18.5. The SMILES string of the molecule is O=C1CCCN1CCCNc1ccnc(Nc2ccc3ncccc3c2)n1. The highest BCUT2D eigenvalue weighted by Crippen LogP contribution is 2.20. The fourth-order valence-corrected chi connectivity index (χ4v) is 3.23. The molecule has 1 saturated heterocycles. The molecule has 138 valence electrons. The third kappa shape index (κ3) is 4.31. The maximum atomic E-state index is 11.6. The highest BCUT2D eigenvalue weighted by Gasteiger charge is 2.18. The minimum atomic E-state index is 0.272. The number of amides is 1. The van der Waals surface area contributed by atoms with Crippen LogP contribution in [0.25, 0.3) is 10.9 Å². The monoisotopic (exact) mass is 362 g/mol. The fraction of sp³-hybridized carbons (Fsp3) is 0.300. The van der Waals surface area contributed by atoms with Crippen molar-refractivity contribution in [1.29, 1.82) is 0 Å². The van der Waals surface area contributed by atoms with Crippen molar-refractivity contribution in [1.82, 2.24) is 19.9 Å². The molecule has 0 spiro atoms. The number of aromatic nitrogens is 3. The number of anilines is 3. The zero-order valence-corrected chi connectivity index (χ0v) is 15.1. The van der Waals surface area contributed by atoms with Gasteiger partial charge in [0, 0.05) is 49.5 Å². The second kappa shape index (κ2) is 7.99. The van der Waals surface area contributed by atoms with Crippen molar-refractivity contribution in [2.75, 3.05) is 30.3 Å². The largest absolute Gasteiger partial charge is 0.370 e. The van der Waals surface area contributed by atoms with E-state index >= 15 is 0 Å². The van der Waals surface area contributed by atoms with Crippen LogP contribution in [-0.4, -0.2) is 45.4 Å². The molecule has 1 aliphatic heterocycles. The Morgan fingerprint density at radius 1 is 1.11 bits per heavy atom. The van der Waals surface area contributed by atoms with Crippen molar-refractivity contribution in [2.24, 2.45) is 0 Å². The summed E-state index contributed by atoms with van der Waals surface area (Å²) in [5.41, 5.74) is 1.87. The lowest BCUT2D eigenvalue weighted by molar-refractivity contribution is -0.127. The molecule has 1 aliphatic rings. The highest BCUT2D eigenvalue weighted by atomic mass is 16.2. The molecule has 0 bridgehead atoms. The van der Waals surface area contributed by atoms with Crippen LogP contribution in [0, 0.1) is 0 Å². The summed E-state index contributed by atoms with van der Waals surface area (Å²) < 4.78 is 0. The maximum Gasteiger partial charge on any atom is 0.229 e. The average Bonchev–Trinajstić information content (AvgIpc) is 3.10. The molecule has 1 aromatic carbocycles. The number of carbonyl (C=O) groups is 1. The van der Waals surface area contributed by atoms with Crippen LogP contribution in [0.15, 0.2) is 48.8 Å². The van der Waals surface area contributed by atoms with Gasteiger partial charge in [0.2, 0.25) is 11.9 Å². The molecule has 0 saturated carbocycles. The van der Waals surface area contributed by atoms with Gasteiger partial charge in [-0.2, -0.15) is 4.98 Å². The lowest BCUT2D eigenvalue weighted by atomic mass is 10.2. The molecule has 1 fully saturated rings. The molecule has 2 aromatic heterocycles. The van der Waals surface area contributed by atoms with Gasteiger partial charge in [-0.05, 0) is 43.2 Å². The minimum absolute atomic E-state index is 0.272. The standard InChI is InChI=1S/C20H22N6O/c27-19-5-2-12-26(19)13-3-10-22-18-8-11-23-20(25-18)24-16-6-7-17-15(14-16)4-1-9-21-17/h1,4,6-9,11,14H,2-3,5,10,12-13H2,(H2,22,23,24,25). The van der Waals surface area contributed by atoms with Crippen LogP contribution in [0.2, 0.25) is 0 Å². The summed E-state index contributed by atoms with van der Waals surface area (Å²) in [6.07, 6.45) is 6.09. The first kappa shape index (κ1) is 17.2. The Morgan fingerprint density at radius 3 is 2.96 bits per heavy atom. The highest BCUT2D eigenvalue weighted by molar-refractivity contribution is 5.82. The Labute approximate surface area is 157 Å². The van der Waals surface area contributed by atoms with Crippen LogP contribution in [0.3, 0.4) is 0 Å². The van der Waals surface area contributed by atoms with Crippen molar-refractivity contribution < 1.29 is 4.79 Å². The van der Waals surface area contributed by atoms with Gasteiger partial charge in [-0.3, -0.25) is 9.78 Å². The number of benzene rings is 1. The number of likely N-dealkylation sites (tertiary alicyclic amines) is 1. The van der Waals surface area contributed by atoms with Gasteiger partial charge in [-0.25, -0.2) is 4.98 Å². The summed E-state index contributed by atoms with van der Waals surface area (Å²) >= 11 is 0. The quantitative estimate of drug-likeness (QED) is 0.628. The molecule has 0 radical (unpaired) electrons. The summed E-state index contributed by atoms with van der Waals surface area (Å²) in [5, 5.41) is 7.60. The molecule has 7 nitrogen and oxygen atoms in total.